The van der Waals surface area contributed by atoms with E-state index in [0.717, 1.165) is 17.8 Å². The molecule has 0 heteroatoms. The van der Waals surface area contributed by atoms with Crippen LogP contribution in [0.5, 0.6) is 0 Å². The minimum atomic E-state index is 0.886. The molecular weight excluding hydrogens is 228 g/mol. The largest absolute Gasteiger partial charge is 0.100 e. The van der Waals surface area contributed by atoms with Crippen molar-refractivity contribution in [1.29, 1.82) is 0 Å². The van der Waals surface area contributed by atoms with Gasteiger partial charge in [0.1, 0.15) is 0 Å². The van der Waals surface area contributed by atoms with Crippen LogP contribution in [0, 0.1) is 17.8 Å². The van der Waals surface area contributed by atoms with Crippen LogP contribution in [0.1, 0.15) is 78.1 Å². The van der Waals surface area contributed by atoms with Gasteiger partial charge < -0.3 is 0 Å². The summed E-state index contributed by atoms with van der Waals surface area (Å²) in [5.41, 5.74) is 3.12. The van der Waals surface area contributed by atoms with E-state index in [-0.39, 0.29) is 0 Å². The van der Waals surface area contributed by atoms with E-state index in [1.807, 2.05) is 0 Å². The van der Waals surface area contributed by atoms with Crippen LogP contribution in [-0.2, 0) is 0 Å². The molecule has 0 aliphatic heterocycles. The third-order valence-electron chi connectivity index (χ3n) is 5.26. The minimum Gasteiger partial charge on any atom is -0.100 e. The van der Waals surface area contributed by atoms with Crippen LogP contribution in [0.4, 0.5) is 0 Å². The molecule has 1 atom stereocenters. The van der Waals surface area contributed by atoms with Crippen LogP contribution < -0.4 is 0 Å². The Balaban J connectivity index is 1.67. The fraction of sp³-hybridized carbons (Fsp3) is 0.789. The molecule has 0 nitrogen and oxygen atoms in total. The molecule has 108 valence electrons. The Kier molecular flexibility index (Phi) is 5.73. The minimum absolute atomic E-state index is 0.886. The maximum atomic E-state index is 4.05. The number of allylic oxidation sites excluding steroid dienone is 3. The van der Waals surface area contributed by atoms with Gasteiger partial charge in [-0.25, -0.2) is 0 Å². The van der Waals surface area contributed by atoms with Crippen molar-refractivity contribution in [3.05, 3.63) is 23.8 Å². The molecule has 2 aliphatic carbocycles. The third kappa shape index (κ3) is 5.16. The Bertz CT molecular complexity index is 315. The second-order valence-corrected chi connectivity index (χ2v) is 7.33. The molecule has 2 rings (SSSR count). The van der Waals surface area contributed by atoms with Gasteiger partial charge in [-0.3, -0.25) is 0 Å². The molecule has 0 aromatic heterocycles. The van der Waals surface area contributed by atoms with Gasteiger partial charge in [0, 0.05) is 0 Å². The fourth-order valence-corrected chi connectivity index (χ4v) is 3.86. The van der Waals surface area contributed by atoms with Crippen LogP contribution in [0.3, 0.4) is 0 Å². The number of hydrogen-bond acceptors (Lipinski definition) is 0. The Labute approximate surface area is 120 Å². The van der Waals surface area contributed by atoms with Crippen molar-refractivity contribution in [2.75, 3.05) is 0 Å². The summed E-state index contributed by atoms with van der Waals surface area (Å²) >= 11 is 0. The summed E-state index contributed by atoms with van der Waals surface area (Å²) in [5.74, 6) is 2.91. The van der Waals surface area contributed by atoms with Crippen LogP contribution in [0.25, 0.3) is 0 Å². The van der Waals surface area contributed by atoms with Gasteiger partial charge in [0.15, 0.2) is 0 Å². The molecule has 0 amide bonds. The molecule has 0 bridgehead atoms. The van der Waals surface area contributed by atoms with E-state index in [0.29, 0.717) is 0 Å². The second-order valence-electron chi connectivity index (χ2n) is 7.33. The Hall–Kier alpha value is -0.520. The standard InChI is InChI=1S/C19H32/c1-15(2)14-19-12-10-18(11-13-19)9-8-17-6-4-16(3)5-7-17/h10,16-17,19H,1,4-9,11-14H2,2-3H3. The zero-order valence-electron chi connectivity index (χ0n) is 13.1. The van der Waals surface area contributed by atoms with Gasteiger partial charge in [-0.15, -0.1) is 6.58 Å². The van der Waals surface area contributed by atoms with Gasteiger partial charge >= 0.3 is 0 Å². The van der Waals surface area contributed by atoms with Gasteiger partial charge in [0.2, 0.25) is 0 Å². The van der Waals surface area contributed by atoms with E-state index in [1.165, 1.54) is 69.8 Å². The molecule has 0 saturated heterocycles. The summed E-state index contributed by atoms with van der Waals surface area (Å²) in [5, 5.41) is 0. The molecule has 1 fully saturated rings. The third-order valence-corrected chi connectivity index (χ3v) is 5.26. The lowest BCUT2D eigenvalue weighted by Crippen LogP contribution is -2.13. The predicted octanol–water partition coefficient (Wildman–Crippen LogP) is 6.29. The highest BCUT2D eigenvalue weighted by Gasteiger charge is 2.19. The highest BCUT2D eigenvalue weighted by atomic mass is 14.3. The molecule has 19 heavy (non-hydrogen) atoms. The van der Waals surface area contributed by atoms with Gasteiger partial charge in [-0.1, -0.05) is 49.8 Å². The first-order valence-electron chi connectivity index (χ1n) is 8.45. The van der Waals surface area contributed by atoms with Gasteiger partial charge in [-0.05, 0) is 63.2 Å². The van der Waals surface area contributed by atoms with Crippen molar-refractivity contribution in [2.45, 2.75) is 78.1 Å². The van der Waals surface area contributed by atoms with E-state index in [4.69, 9.17) is 0 Å². The van der Waals surface area contributed by atoms with Crippen LogP contribution in [0.15, 0.2) is 23.8 Å². The zero-order valence-corrected chi connectivity index (χ0v) is 13.1. The van der Waals surface area contributed by atoms with Crippen molar-refractivity contribution >= 4 is 0 Å². The normalized spacial score (nSPS) is 31.9. The van der Waals surface area contributed by atoms with E-state index in [1.54, 1.807) is 5.57 Å². The summed E-state index contributed by atoms with van der Waals surface area (Å²) in [6.45, 7) is 8.64. The monoisotopic (exact) mass is 260 g/mol. The predicted molar refractivity (Wildman–Crippen MR) is 85.2 cm³/mol. The summed E-state index contributed by atoms with van der Waals surface area (Å²) in [4.78, 5) is 0. The molecule has 1 unspecified atom stereocenters. The molecule has 0 spiro atoms. The van der Waals surface area contributed by atoms with Gasteiger partial charge in [0.05, 0.1) is 0 Å². The maximum absolute atomic E-state index is 4.05. The molecule has 1 saturated carbocycles. The average Bonchev–Trinajstić information content (AvgIpc) is 2.39. The summed E-state index contributed by atoms with van der Waals surface area (Å²) in [6, 6.07) is 0. The topological polar surface area (TPSA) is 0 Å². The Morgan fingerprint density at radius 1 is 1.16 bits per heavy atom. The van der Waals surface area contributed by atoms with Gasteiger partial charge in [0.25, 0.3) is 0 Å². The van der Waals surface area contributed by atoms with Crippen molar-refractivity contribution in [1.82, 2.24) is 0 Å². The lowest BCUT2D eigenvalue weighted by atomic mass is 9.79. The molecule has 2 aliphatic rings. The average molecular weight is 260 g/mol. The highest BCUT2D eigenvalue weighted by molar-refractivity contribution is 5.08. The lowest BCUT2D eigenvalue weighted by Gasteiger charge is -2.27. The first kappa shape index (κ1) is 14.9. The Morgan fingerprint density at radius 3 is 2.47 bits per heavy atom. The fourth-order valence-electron chi connectivity index (χ4n) is 3.86. The first-order chi connectivity index (χ1) is 9.13. The van der Waals surface area contributed by atoms with E-state index < -0.39 is 0 Å². The number of hydrogen-bond donors (Lipinski definition) is 0. The molecule has 0 aromatic rings. The van der Waals surface area contributed by atoms with E-state index in [2.05, 4.69) is 26.5 Å². The summed E-state index contributed by atoms with van der Waals surface area (Å²) < 4.78 is 0. The number of rotatable bonds is 5. The SMILES string of the molecule is C=C(C)CC1CC=C(CCC2CCC(C)CC2)CC1. The Morgan fingerprint density at radius 2 is 1.89 bits per heavy atom. The van der Waals surface area contributed by atoms with Crippen molar-refractivity contribution in [2.24, 2.45) is 17.8 Å². The molecule has 0 radical (unpaired) electrons. The second kappa shape index (κ2) is 7.31. The van der Waals surface area contributed by atoms with Crippen molar-refractivity contribution in [3.63, 3.8) is 0 Å². The molecule has 0 N–H and O–H groups in total. The van der Waals surface area contributed by atoms with Crippen LogP contribution >= 0.6 is 0 Å². The first-order valence-corrected chi connectivity index (χ1v) is 8.45. The molecular formula is C19H32. The lowest BCUT2D eigenvalue weighted by molar-refractivity contribution is 0.276. The van der Waals surface area contributed by atoms with E-state index in [9.17, 15) is 0 Å². The zero-order chi connectivity index (χ0) is 13.7. The maximum Gasteiger partial charge on any atom is -0.0294 e. The van der Waals surface area contributed by atoms with Crippen LogP contribution in [0.2, 0.25) is 0 Å². The van der Waals surface area contributed by atoms with E-state index >= 15 is 0 Å². The quantitative estimate of drug-likeness (QED) is 0.510. The highest BCUT2D eigenvalue weighted by Crippen LogP contribution is 2.35. The summed E-state index contributed by atoms with van der Waals surface area (Å²) in [7, 11) is 0. The van der Waals surface area contributed by atoms with Gasteiger partial charge in [-0.2, -0.15) is 0 Å². The smallest absolute Gasteiger partial charge is 0.0294 e. The van der Waals surface area contributed by atoms with Crippen molar-refractivity contribution < 1.29 is 0 Å². The van der Waals surface area contributed by atoms with Crippen molar-refractivity contribution in [3.8, 4) is 0 Å². The van der Waals surface area contributed by atoms with Crippen LogP contribution in [-0.4, -0.2) is 0 Å². The molecule has 0 heterocycles. The molecule has 0 aromatic carbocycles. The summed E-state index contributed by atoms with van der Waals surface area (Å²) in [6.07, 6.45) is 16.7.